The lowest BCUT2D eigenvalue weighted by Gasteiger charge is -2.04. The Kier molecular flexibility index (Phi) is 3.09. The van der Waals surface area contributed by atoms with Gasteiger partial charge in [0.1, 0.15) is 11.3 Å². The highest BCUT2D eigenvalue weighted by molar-refractivity contribution is 5.86. The lowest BCUT2D eigenvalue weighted by molar-refractivity contribution is 0.853. The molecule has 2 heterocycles. The topological polar surface area (TPSA) is 30.7 Å². The van der Waals surface area contributed by atoms with Crippen molar-refractivity contribution >= 4 is 17.1 Å². The van der Waals surface area contributed by atoms with Gasteiger partial charge in [0.2, 0.25) is 0 Å². The molecule has 2 aromatic rings. The van der Waals surface area contributed by atoms with Crippen LogP contribution in [0, 0.1) is 6.92 Å². The molecular formula is C14H17N3. The summed E-state index contributed by atoms with van der Waals surface area (Å²) >= 11 is 0. The summed E-state index contributed by atoms with van der Waals surface area (Å²) < 4.78 is 2.13. The molecule has 0 saturated carbocycles. The molecule has 0 bridgehead atoms. The quantitative estimate of drug-likeness (QED) is 0.754. The van der Waals surface area contributed by atoms with Crippen molar-refractivity contribution in [1.82, 2.24) is 14.5 Å². The van der Waals surface area contributed by atoms with Gasteiger partial charge in [0, 0.05) is 24.7 Å². The zero-order chi connectivity index (χ0) is 12.4. The monoisotopic (exact) mass is 227 g/mol. The molecule has 0 radical (unpaired) electrons. The average Bonchev–Trinajstić information content (AvgIpc) is 2.62. The lowest BCUT2D eigenvalue weighted by Crippen LogP contribution is -1.98. The van der Waals surface area contributed by atoms with Gasteiger partial charge in [0.25, 0.3) is 0 Å². The number of aryl methyl sites for hydroxylation is 2. The SMILES string of the molecule is C=CCc1nc2cnc(C)c(/C=C\C)c2n1C. The summed E-state index contributed by atoms with van der Waals surface area (Å²) in [5.41, 5.74) is 4.27. The number of aromatic nitrogens is 3. The van der Waals surface area contributed by atoms with Crippen molar-refractivity contribution in [2.75, 3.05) is 0 Å². The molecule has 2 aromatic heterocycles. The molecule has 0 amide bonds. The van der Waals surface area contributed by atoms with Gasteiger partial charge in [-0.15, -0.1) is 6.58 Å². The molecule has 3 nitrogen and oxygen atoms in total. The van der Waals surface area contributed by atoms with Gasteiger partial charge in [-0.3, -0.25) is 4.98 Å². The molecule has 0 aromatic carbocycles. The number of hydrogen-bond donors (Lipinski definition) is 0. The third kappa shape index (κ3) is 1.88. The molecule has 0 N–H and O–H groups in total. The first-order valence-corrected chi connectivity index (χ1v) is 5.73. The predicted molar refractivity (Wildman–Crippen MR) is 71.9 cm³/mol. The summed E-state index contributed by atoms with van der Waals surface area (Å²) in [5.74, 6) is 1.02. The Labute approximate surface area is 102 Å². The highest BCUT2D eigenvalue weighted by Gasteiger charge is 2.11. The fourth-order valence-electron chi connectivity index (χ4n) is 2.05. The van der Waals surface area contributed by atoms with Gasteiger partial charge >= 0.3 is 0 Å². The third-order valence-electron chi connectivity index (χ3n) is 2.90. The molecule has 0 aliphatic rings. The van der Waals surface area contributed by atoms with E-state index in [2.05, 4.69) is 27.2 Å². The van der Waals surface area contributed by atoms with Crippen LogP contribution in [-0.2, 0) is 13.5 Å². The Morgan fingerprint density at radius 1 is 1.47 bits per heavy atom. The molecule has 17 heavy (non-hydrogen) atoms. The molecule has 0 saturated heterocycles. The Hall–Kier alpha value is -1.90. The fraction of sp³-hybridized carbons (Fsp3) is 0.286. The number of hydrogen-bond acceptors (Lipinski definition) is 2. The van der Waals surface area contributed by atoms with E-state index in [0.717, 1.165) is 34.5 Å². The third-order valence-corrected chi connectivity index (χ3v) is 2.90. The highest BCUT2D eigenvalue weighted by Crippen LogP contribution is 2.22. The van der Waals surface area contributed by atoms with Gasteiger partial charge in [-0.25, -0.2) is 4.98 Å². The molecular weight excluding hydrogens is 210 g/mol. The maximum absolute atomic E-state index is 4.58. The van der Waals surface area contributed by atoms with Gasteiger partial charge in [-0.1, -0.05) is 18.2 Å². The van der Waals surface area contributed by atoms with E-state index in [1.807, 2.05) is 39.2 Å². The van der Waals surface area contributed by atoms with E-state index in [1.54, 1.807) is 0 Å². The van der Waals surface area contributed by atoms with Crippen LogP contribution in [0.1, 0.15) is 24.0 Å². The molecule has 3 heteroatoms. The van der Waals surface area contributed by atoms with E-state index in [4.69, 9.17) is 0 Å². The maximum atomic E-state index is 4.58. The van der Waals surface area contributed by atoms with E-state index in [1.165, 1.54) is 0 Å². The molecule has 0 fully saturated rings. The minimum Gasteiger partial charge on any atom is -0.330 e. The number of nitrogens with zero attached hydrogens (tertiary/aromatic N) is 3. The summed E-state index contributed by atoms with van der Waals surface area (Å²) in [6.45, 7) is 7.80. The van der Waals surface area contributed by atoms with Gasteiger partial charge < -0.3 is 4.57 Å². The molecule has 88 valence electrons. The van der Waals surface area contributed by atoms with Crippen LogP contribution in [0.5, 0.6) is 0 Å². The van der Waals surface area contributed by atoms with Crippen LogP contribution >= 0.6 is 0 Å². The van der Waals surface area contributed by atoms with Crippen molar-refractivity contribution in [3.63, 3.8) is 0 Å². The number of imidazole rings is 1. The standard InChI is InChI=1S/C14H17N3/c1-5-7-11-10(3)15-9-12-14(11)17(4)13(16-12)8-6-2/h5-7,9H,2,8H2,1,3-4H3/b7-5-. The summed E-state index contributed by atoms with van der Waals surface area (Å²) in [5, 5.41) is 0. The van der Waals surface area contributed by atoms with Gasteiger partial charge in [-0.2, -0.15) is 0 Å². The first kappa shape index (κ1) is 11.6. The highest BCUT2D eigenvalue weighted by atomic mass is 15.1. The van der Waals surface area contributed by atoms with E-state index >= 15 is 0 Å². The van der Waals surface area contributed by atoms with Crippen molar-refractivity contribution in [1.29, 1.82) is 0 Å². The van der Waals surface area contributed by atoms with E-state index < -0.39 is 0 Å². The first-order chi connectivity index (χ1) is 8.19. The summed E-state index contributed by atoms with van der Waals surface area (Å²) in [4.78, 5) is 8.97. The van der Waals surface area contributed by atoms with Crippen molar-refractivity contribution < 1.29 is 0 Å². The Bertz CT molecular complexity index is 591. The first-order valence-electron chi connectivity index (χ1n) is 5.73. The Morgan fingerprint density at radius 3 is 2.88 bits per heavy atom. The van der Waals surface area contributed by atoms with Crippen LogP contribution in [-0.4, -0.2) is 14.5 Å². The molecule has 0 atom stereocenters. The molecule has 0 aliphatic carbocycles. The fourth-order valence-corrected chi connectivity index (χ4v) is 2.05. The van der Waals surface area contributed by atoms with Crippen molar-refractivity contribution in [3.8, 4) is 0 Å². The molecule has 0 unspecified atom stereocenters. The van der Waals surface area contributed by atoms with E-state index in [-0.39, 0.29) is 0 Å². The van der Waals surface area contributed by atoms with Crippen molar-refractivity contribution in [2.45, 2.75) is 20.3 Å². The van der Waals surface area contributed by atoms with Gasteiger partial charge in [0.15, 0.2) is 0 Å². The smallest absolute Gasteiger partial charge is 0.113 e. The largest absolute Gasteiger partial charge is 0.330 e. The summed E-state index contributed by atoms with van der Waals surface area (Å²) in [6, 6.07) is 0. The van der Waals surface area contributed by atoms with Crippen LogP contribution in [0.25, 0.3) is 17.1 Å². The lowest BCUT2D eigenvalue weighted by atomic mass is 10.1. The number of pyridine rings is 1. The predicted octanol–water partition coefficient (Wildman–Crippen LogP) is 3.04. The number of fused-ring (bicyclic) bond motifs is 1. The minimum atomic E-state index is 0.777. The second-order valence-electron chi connectivity index (χ2n) is 4.07. The van der Waals surface area contributed by atoms with Crippen LogP contribution < -0.4 is 0 Å². The zero-order valence-electron chi connectivity index (χ0n) is 10.6. The van der Waals surface area contributed by atoms with Crippen LogP contribution in [0.15, 0.2) is 24.9 Å². The van der Waals surface area contributed by atoms with Crippen LogP contribution in [0.3, 0.4) is 0 Å². The van der Waals surface area contributed by atoms with Gasteiger partial charge in [0.05, 0.1) is 11.7 Å². The average molecular weight is 227 g/mol. The van der Waals surface area contributed by atoms with Crippen molar-refractivity contribution in [3.05, 3.63) is 42.0 Å². The normalized spacial score (nSPS) is 11.5. The summed E-state index contributed by atoms with van der Waals surface area (Å²) in [7, 11) is 2.04. The maximum Gasteiger partial charge on any atom is 0.113 e. The molecule has 2 rings (SSSR count). The molecule has 0 aliphatic heterocycles. The van der Waals surface area contributed by atoms with E-state index in [0.29, 0.717) is 0 Å². The second kappa shape index (κ2) is 4.53. The number of rotatable bonds is 3. The molecule has 0 spiro atoms. The van der Waals surface area contributed by atoms with Crippen LogP contribution in [0.2, 0.25) is 0 Å². The number of allylic oxidation sites excluding steroid dienone is 2. The van der Waals surface area contributed by atoms with Gasteiger partial charge in [-0.05, 0) is 13.8 Å². The minimum absolute atomic E-state index is 0.777. The Morgan fingerprint density at radius 2 is 2.24 bits per heavy atom. The zero-order valence-corrected chi connectivity index (χ0v) is 10.6. The van der Waals surface area contributed by atoms with Crippen molar-refractivity contribution in [2.24, 2.45) is 7.05 Å². The summed E-state index contributed by atoms with van der Waals surface area (Å²) in [6.07, 6.45) is 8.61. The van der Waals surface area contributed by atoms with Crippen LogP contribution in [0.4, 0.5) is 0 Å². The van der Waals surface area contributed by atoms with E-state index in [9.17, 15) is 0 Å². The second-order valence-corrected chi connectivity index (χ2v) is 4.07. The Balaban J connectivity index is 2.78.